The van der Waals surface area contributed by atoms with Gasteiger partial charge in [0.1, 0.15) is 17.2 Å². The van der Waals surface area contributed by atoms with Gasteiger partial charge in [-0.3, -0.25) is 4.90 Å². The summed E-state index contributed by atoms with van der Waals surface area (Å²) < 4.78 is 5.66. The molecular weight excluding hydrogens is 522 g/mol. The number of carbonyl (C=O) groups is 1. The Kier molecular flexibility index (Phi) is 6.41. The van der Waals surface area contributed by atoms with Crippen LogP contribution in [0.5, 0.6) is 0 Å². The molecule has 7 rings (SSSR count). The van der Waals surface area contributed by atoms with Crippen LogP contribution in [0.2, 0.25) is 0 Å². The van der Waals surface area contributed by atoms with Gasteiger partial charge in [0, 0.05) is 18.0 Å². The third-order valence-electron chi connectivity index (χ3n) is 8.46. The summed E-state index contributed by atoms with van der Waals surface area (Å²) in [7, 11) is 0. The molecule has 214 valence electrons. The lowest BCUT2D eigenvalue weighted by Crippen LogP contribution is -2.36. The summed E-state index contributed by atoms with van der Waals surface area (Å²) in [5, 5.41) is 2.38. The number of hydrogen-bond acceptors (Lipinski definition) is 4. The third-order valence-corrected chi connectivity index (χ3v) is 8.46. The second kappa shape index (κ2) is 10.2. The summed E-state index contributed by atoms with van der Waals surface area (Å²) in [6, 6.07) is 19.4. The number of ether oxygens (including phenoxy) is 1. The number of benzene rings is 3. The first-order valence-corrected chi connectivity index (χ1v) is 15.0. The van der Waals surface area contributed by atoms with Crippen molar-refractivity contribution in [1.29, 1.82) is 0 Å². The Morgan fingerprint density at radius 3 is 2.43 bits per heavy atom. The Morgan fingerprint density at radius 2 is 1.67 bits per heavy atom. The molecule has 3 heterocycles. The maximum atomic E-state index is 12.8. The number of imidazole rings is 2. The highest BCUT2D eigenvalue weighted by Gasteiger charge is 2.35. The van der Waals surface area contributed by atoms with E-state index < -0.39 is 5.60 Å². The number of aromatic nitrogens is 4. The van der Waals surface area contributed by atoms with Crippen LogP contribution in [0.25, 0.3) is 44.2 Å². The summed E-state index contributed by atoms with van der Waals surface area (Å²) in [5.41, 5.74) is 7.27. The molecule has 7 heteroatoms. The minimum absolute atomic E-state index is 0.102. The molecule has 2 aliphatic rings. The van der Waals surface area contributed by atoms with Crippen LogP contribution in [-0.2, 0) is 4.74 Å². The smallest absolute Gasteiger partial charge is 0.410 e. The number of fused-ring (bicyclic) bond motifs is 2. The van der Waals surface area contributed by atoms with Crippen molar-refractivity contribution in [2.75, 3.05) is 6.54 Å². The summed E-state index contributed by atoms with van der Waals surface area (Å²) in [6.07, 6.45) is 8.11. The molecule has 42 heavy (non-hydrogen) atoms. The molecule has 2 aromatic heterocycles. The van der Waals surface area contributed by atoms with Crippen LogP contribution < -0.4 is 0 Å². The van der Waals surface area contributed by atoms with Crippen LogP contribution >= 0.6 is 0 Å². The van der Waals surface area contributed by atoms with Crippen LogP contribution in [-0.4, -0.2) is 43.1 Å². The lowest BCUT2D eigenvalue weighted by molar-refractivity contribution is 0.0219. The van der Waals surface area contributed by atoms with Gasteiger partial charge in [-0.15, -0.1) is 0 Å². The summed E-state index contributed by atoms with van der Waals surface area (Å²) >= 11 is 0. The van der Waals surface area contributed by atoms with Gasteiger partial charge in [-0.2, -0.15) is 0 Å². The van der Waals surface area contributed by atoms with E-state index in [4.69, 9.17) is 9.72 Å². The molecule has 5 aromatic rings. The van der Waals surface area contributed by atoms with Gasteiger partial charge in [0.25, 0.3) is 0 Å². The van der Waals surface area contributed by atoms with Crippen LogP contribution in [0.15, 0.2) is 72.4 Å². The van der Waals surface area contributed by atoms with Gasteiger partial charge in [0.2, 0.25) is 0 Å². The Balaban J connectivity index is 1.13. The first-order chi connectivity index (χ1) is 20.2. The molecule has 0 radical (unpaired) electrons. The van der Waals surface area contributed by atoms with Crippen molar-refractivity contribution >= 4 is 27.9 Å². The zero-order chi connectivity index (χ0) is 29.0. The van der Waals surface area contributed by atoms with E-state index in [0.717, 1.165) is 70.7 Å². The SMILES string of the molecule is CC1=C[C@@H](c2ncc(-c3ccc4cc(-c5ccc6nc([C@@H]7CCCN7C(=O)OC(C)(C)C)[nH]c6c5)ccc4c3)[nH]2)CC1. The molecule has 1 amide bonds. The molecule has 1 saturated heterocycles. The predicted octanol–water partition coefficient (Wildman–Crippen LogP) is 8.67. The highest BCUT2D eigenvalue weighted by molar-refractivity contribution is 5.91. The highest BCUT2D eigenvalue weighted by atomic mass is 16.6. The minimum Gasteiger partial charge on any atom is -0.444 e. The van der Waals surface area contributed by atoms with E-state index in [0.29, 0.717) is 12.5 Å². The number of nitrogens with one attached hydrogen (secondary N) is 2. The molecule has 3 aromatic carbocycles. The summed E-state index contributed by atoms with van der Waals surface area (Å²) in [6.45, 7) is 8.57. The fraction of sp³-hybridized carbons (Fsp3) is 0.343. The van der Waals surface area contributed by atoms with Crippen LogP contribution in [0, 0.1) is 0 Å². The predicted molar refractivity (Wildman–Crippen MR) is 167 cm³/mol. The number of aromatic amines is 2. The second-order valence-corrected chi connectivity index (χ2v) is 12.8. The van der Waals surface area contributed by atoms with Gasteiger partial charge >= 0.3 is 6.09 Å². The molecule has 1 aliphatic heterocycles. The van der Waals surface area contributed by atoms with Gasteiger partial charge in [0.05, 0.1) is 29.0 Å². The van der Waals surface area contributed by atoms with E-state index in [9.17, 15) is 4.79 Å². The Morgan fingerprint density at radius 1 is 0.929 bits per heavy atom. The second-order valence-electron chi connectivity index (χ2n) is 12.8. The molecule has 1 fully saturated rings. The molecule has 2 atom stereocenters. The number of nitrogens with zero attached hydrogens (tertiary/aromatic N) is 3. The molecule has 0 spiro atoms. The van der Waals surface area contributed by atoms with E-state index >= 15 is 0 Å². The lowest BCUT2D eigenvalue weighted by atomic mass is 9.99. The fourth-order valence-corrected chi connectivity index (χ4v) is 6.33. The quantitative estimate of drug-likeness (QED) is 0.216. The molecule has 1 aliphatic carbocycles. The Hall–Kier alpha value is -4.39. The summed E-state index contributed by atoms with van der Waals surface area (Å²) in [5.74, 6) is 2.27. The normalized spacial score (nSPS) is 19.1. The van der Waals surface area contributed by atoms with Crippen LogP contribution in [0.3, 0.4) is 0 Å². The number of rotatable bonds is 4. The first-order valence-electron chi connectivity index (χ1n) is 15.0. The molecular formula is C35H37N5O2. The zero-order valence-electron chi connectivity index (χ0n) is 24.7. The number of allylic oxidation sites excluding steroid dienone is 2. The minimum atomic E-state index is -0.525. The van der Waals surface area contributed by atoms with E-state index in [1.807, 2.05) is 27.0 Å². The van der Waals surface area contributed by atoms with Crippen molar-refractivity contribution in [2.45, 2.75) is 70.9 Å². The van der Waals surface area contributed by atoms with Crippen molar-refractivity contribution in [3.05, 3.63) is 84.1 Å². The molecule has 0 saturated carbocycles. The lowest BCUT2D eigenvalue weighted by Gasteiger charge is -2.27. The standard InChI is InChI=1S/C35H37N5O2/c1-21-7-8-27(16-21)32-36-20-30(39-32)26-12-11-22-17-23(9-10-24(22)18-26)25-13-14-28-29(19-25)38-33(37-28)31-6-5-15-40(31)34(41)42-35(2,3)4/h9-14,16-20,27,31H,5-8,15H2,1-4H3,(H,36,39)(H,37,38)/t27-,31-/m0/s1. The van der Waals surface area contributed by atoms with Crippen molar-refractivity contribution in [3.63, 3.8) is 0 Å². The number of H-pyrrole nitrogens is 2. The molecule has 2 N–H and O–H groups in total. The largest absolute Gasteiger partial charge is 0.444 e. The maximum Gasteiger partial charge on any atom is 0.410 e. The highest BCUT2D eigenvalue weighted by Crippen LogP contribution is 2.35. The van der Waals surface area contributed by atoms with Crippen LogP contribution in [0.1, 0.15) is 77.0 Å². The van der Waals surface area contributed by atoms with Crippen molar-refractivity contribution in [2.24, 2.45) is 0 Å². The number of amides is 1. The number of likely N-dealkylation sites (tertiary alicyclic amines) is 1. The zero-order valence-corrected chi connectivity index (χ0v) is 24.7. The van der Waals surface area contributed by atoms with Gasteiger partial charge in [-0.05, 0) is 99.5 Å². The van der Waals surface area contributed by atoms with Crippen LogP contribution in [0.4, 0.5) is 4.79 Å². The van der Waals surface area contributed by atoms with E-state index in [1.165, 1.54) is 16.3 Å². The molecule has 7 nitrogen and oxygen atoms in total. The molecule has 0 bridgehead atoms. The summed E-state index contributed by atoms with van der Waals surface area (Å²) in [4.78, 5) is 31.2. The first kappa shape index (κ1) is 26.5. The van der Waals surface area contributed by atoms with Gasteiger partial charge in [-0.25, -0.2) is 14.8 Å². The van der Waals surface area contributed by atoms with Gasteiger partial charge in [0.15, 0.2) is 0 Å². The Labute approximate surface area is 246 Å². The molecule has 0 unspecified atom stereocenters. The van der Waals surface area contributed by atoms with Crippen molar-refractivity contribution in [3.8, 4) is 22.4 Å². The number of hydrogen-bond donors (Lipinski definition) is 2. The van der Waals surface area contributed by atoms with Gasteiger partial charge < -0.3 is 14.7 Å². The topological polar surface area (TPSA) is 86.9 Å². The maximum absolute atomic E-state index is 12.8. The Bertz CT molecular complexity index is 1840. The fourth-order valence-electron chi connectivity index (χ4n) is 6.33. The van der Waals surface area contributed by atoms with Crippen molar-refractivity contribution in [1.82, 2.24) is 24.8 Å². The average Bonchev–Trinajstić information content (AvgIpc) is 3.76. The average molecular weight is 560 g/mol. The van der Waals surface area contributed by atoms with E-state index in [1.54, 1.807) is 4.90 Å². The van der Waals surface area contributed by atoms with Crippen molar-refractivity contribution < 1.29 is 9.53 Å². The van der Waals surface area contributed by atoms with E-state index in [2.05, 4.69) is 82.5 Å². The monoisotopic (exact) mass is 559 g/mol. The van der Waals surface area contributed by atoms with E-state index in [-0.39, 0.29) is 12.1 Å². The van der Waals surface area contributed by atoms with Gasteiger partial charge in [-0.1, -0.05) is 42.0 Å². The third kappa shape index (κ3) is 5.08. The number of carbonyl (C=O) groups excluding carboxylic acids is 1.